The summed E-state index contributed by atoms with van der Waals surface area (Å²) in [5, 5.41) is 0.364. The predicted octanol–water partition coefficient (Wildman–Crippen LogP) is 3.56. The lowest BCUT2D eigenvalue weighted by Gasteiger charge is -2.13. The number of carbonyl (C=O) groups excluding carboxylic acids is 1. The zero-order valence-corrected chi connectivity index (χ0v) is 11.0. The fourth-order valence-corrected chi connectivity index (χ4v) is 1.65. The van der Waals surface area contributed by atoms with Crippen molar-refractivity contribution in [3.05, 3.63) is 23.8 Å². The van der Waals surface area contributed by atoms with Gasteiger partial charge in [-0.25, -0.2) is 0 Å². The summed E-state index contributed by atoms with van der Waals surface area (Å²) in [6, 6.07) is 3.70. The van der Waals surface area contributed by atoms with Crippen LogP contribution in [0, 0.1) is 0 Å². The first-order valence-corrected chi connectivity index (χ1v) is 6.02. The van der Waals surface area contributed by atoms with Gasteiger partial charge in [0.15, 0.2) is 5.78 Å². The summed E-state index contributed by atoms with van der Waals surface area (Å²) in [5.41, 5.74) is -0.118. The van der Waals surface area contributed by atoms with E-state index in [1.807, 2.05) is 0 Å². The molecule has 100 valence electrons. The van der Waals surface area contributed by atoms with Crippen LogP contribution in [-0.2, 0) is 0 Å². The number of rotatable bonds is 5. The zero-order chi connectivity index (χ0) is 13.8. The Labute approximate surface area is 110 Å². The average Bonchev–Trinajstić information content (AvgIpc) is 2.27. The molecule has 0 aliphatic heterocycles. The van der Waals surface area contributed by atoms with Gasteiger partial charge < -0.3 is 9.47 Å². The summed E-state index contributed by atoms with van der Waals surface area (Å²) < 4.78 is 45.3. The van der Waals surface area contributed by atoms with E-state index in [0.29, 0.717) is 5.33 Å². The number of carbonyl (C=O) groups is 1. The Kier molecular flexibility index (Phi) is 5.01. The van der Waals surface area contributed by atoms with Crippen molar-refractivity contribution >= 4 is 21.7 Å². The molecule has 0 radical (unpaired) electrons. The van der Waals surface area contributed by atoms with Crippen LogP contribution in [0.2, 0.25) is 0 Å². The number of hydrogen-bond acceptors (Lipinski definition) is 3. The van der Waals surface area contributed by atoms with Crippen LogP contribution < -0.4 is 9.47 Å². The fourth-order valence-electron chi connectivity index (χ4n) is 1.29. The number of halogens is 4. The first kappa shape index (κ1) is 14.8. The minimum Gasteiger partial charge on any atom is -0.497 e. The Morgan fingerprint density at radius 3 is 2.56 bits per heavy atom. The maximum absolute atomic E-state index is 12.2. The highest BCUT2D eigenvalue weighted by Gasteiger charge is 2.33. The Bertz CT molecular complexity index is 432. The second-order valence-electron chi connectivity index (χ2n) is 3.27. The second-order valence-corrected chi connectivity index (χ2v) is 4.07. The lowest BCUT2D eigenvalue weighted by molar-refractivity contribution is -0.274. The molecule has 0 aliphatic carbocycles. The van der Waals surface area contributed by atoms with Gasteiger partial charge in [-0.3, -0.25) is 4.79 Å². The molecule has 0 atom stereocenters. The van der Waals surface area contributed by atoms with Crippen molar-refractivity contribution in [3.8, 4) is 11.5 Å². The molecular formula is C11H10BrF3O3. The molecular weight excluding hydrogens is 317 g/mol. The molecule has 0 saturated carbocycles. The van der Waals surface area contributed by atoms with E-state index in [4.69, 9.17) is 4.74 Å². The third kappa shape index (κ3) is 4.21. The smallest absolute Gasteiger partial charge is 0.497 e. The predicted molar refractivity (Wildman–Crippen MR) is 62.4 cm³/mol. The number of hydrogen-bond donors (Lipinski definition) is 0. The molecule has 1 aromatic carbocycles. The molecule has 7 heteroatoms. The molecule has 0 heterocycles. The van der Waals surface area contributed by atoms with E-state index in [1.54, 1.807) is 0 Å². The quantitative estimate of drug-likeness (QED) is 0.613. The Hall–Kier alpha value is -1.24. The first-order valence-electron chi connectivity index (χ1n) is 4.90. The van der Waals surface area contributed by atoms with Crippen molar-refractivity contribution in [3.63, 3.8) is 0 Å². The van der Waals surface area contributed by atoms with Crippen molar-refractivity contribution in [1.29, 1.82) is 0 Å². The van der Waals surface area contributed by atoms with E-state index < -0.39 is 17.9 Å². The lowest BCUT2D eigenvalue weighted by Crippen LogP contribution is -2.19. The molecule has 0 fully saturated rings. The van der Waals surface area contributed by atoms with E-state index in [0.717, 1.165) is 6.07 Å². The molecule has 0 unspecified atom stereocenters. The Balaban J connectivity index is 3.12. The van der Waals surface area contributed by atoms with Crippen LogP contribution in [-0.4, -0.2) is 24.6 Å². The molecule has 3 nitrogen and oxygen atoms in total. The van der Waals surface area contributed by atoms with Crippen molar-refractivity contribution in [2.24, 2.45) is 0 Å². The topological polar surface area (TPSA) is 35.5 Å². The third-order valence-corrected chi connectivity index (χ3v) is 2.43. The molecule has 1 aromatic rings. The van der Waals surface area contributed by atoms with Crippen LogP contribution >= 0.6 is 15.9 Å². The summed E-state index contributed by atoms with van der Waals surface area (Å²) in [6.07, 6.45) is -4.77. The van der Waals surface area contributed by atoms with Crippen LogP contribution in [0.1, 0.15) is 16.8 Å². The minimum atomic E-state index is -4.85. The zero-order valence-electron chi connectivity index (χ0n) is 9.38. The van der Waals surface area contributed by atoms with Crippen LogP contribution in [0.15, 0.2) is 18.2 Å². The maximum atomic E-state index is 12.2. The summed E-state index contributed by atoms with van der Waals surface area (Å²) >= 11 is 3.05. The molecule has 0 bridgehead atoms. The molecule has 18 heavy (non-hydrogen) atoms. The van der Waals surface area contributed by atoms with E-state index in [1.165, 1.54) is 19.2 Å². The average molecular weight is 327 g/mol. The highest BCUT2D eigenvalue weighted by molar-refractivity contribution is 9.09. The van der Waals surface area contributed by atoms with Gasteiger partial charge in [0.25, 0.3) is 0 Å². The van der Waals surface area contributed by atoms with E-state index in [-0.39, 0.29) is 17.7 Å². The van der Waals surface area contributed by atoms with Gasteiger partial charge in [-0.2, -0.15) is 0 Å². The summed E-state index contributed by atoms with van der Waals surface area (Å²) in [6.45, 7) is 0. The SMILES string of the molecule is COc1ccc(C(=O)CCBr)c(OC(F)(F)F)c1. The van der Waals surface area contributed by atoms with Crippen LogP contribution in [0.25, 0.3) is 0 Å². The molecule has 0 aliphatic rings. The van der Waals surface area contributed by atoms with Gasteiger partial charge in [0.1, 0.15) is 11.5 Å². The van der Waals surface area contributed by atoms with Crippen LogP contribution in [0.4, 0.5) is 13.2 Å². The van der Waals surface area contributed by atoms with Gasteiger partial charge in [0.2, 0.25) is 0 Å². The Morgan fingerprint density at radius 1 is 1.39 bits per heavy atom. The first-order chi connectivity index (χ1) is 8.37. The van der Waals surface area contributed by atoms with E-state index in [9.17, 15) is 18.0 Å². The summed E-state index contributed by atoms with van der Waals surface area (Å²) in [4.78, 5) is 11.6. The maximum Gasteiger partial charge on any atom is 0.573 e. The number of ether oxygens (including phenoxy) is 2. The Morgan fingerprint density at radius 2 is 2.06 bits per heavy atom. The van der Waals surface area contributed by atoms with Crippen molar-refractivity contribution in [1.82, 2.24) is 0 Å². The highest BCUT2D eigenvalue weighted by Crippen LogP contribution is 2.31. The van der Waals surface area contributed by atoms with Crippen molar-refractivity contribution < 1.29 is 27.4 Å². The number of methoxy groups -OCH3 is 1. The minimum absolute atomic E-state index is 0.0839. The van der Waals surface area contributed by atoms with Gasteiger partial charge in [0, 0.05) is 17.8 Å². The van der Waals surface area contributed by atoms with Crippen molar-refractivity contribution in [2.75, 3.05) is 12.4 Å². The largest absolute Gasteiger partial charge is 0.573 e. The van der Waals surface area contributed by atoms with Crippen LogP contribution in [0.5, 0.6) is 11.5 Å². The van der Waals surface area contributed by atoms with Gasteiger partial charge in [0.05, 0.1) is 12.7 Å². The normalized spacial score (nSPS) is 11.2. The standard InChI is InChI=1S/C11H10BrF3O3/c1-17-7-2-3-8(9(16)4-5-12)10(6-7)18-11(13,14)15/h2-3,6H,4-5H2,1H3. The van der Waals surface area contributed by atoms with E-state index in [2.05, 4.69) is 20.7 Å². The van der Waals surface area contributed by atoms with Gasteiger partial charge in [-0.1, -0.05) is 15.9 Å². The number of Topliss-reactive ketones (excluding diaryl/α,β-unsaturated/α-hetero) is 1. The van der Waals surface area contributed by atoms with Crippen LogP contribution in [0.3, 0.4) is 0 Å². The highest BCUT2D eigenvalue weighted by atomic mass is 79.9. The molecule has 0 amide bonds. The molecule has 0 saturated heterocycles. The number of benzene rings is 1. The van der Waals surface area contributed by atoms with Gasteiger partial charge >= 0.3 is 6.36 Å². The molecule has 0 N–H and O–H groups in total. The van der Waals surface area contributed by atoms with E-state index >= 15 is 0 Å². The number of alkyl halides is 4. The lowest BCUT2D eigenvalue weighted by atomic mass is 10.1. The van der Waals surface area contributed by atoms with Gasteiger partial charge in [-0.05, 0) is 12.1 Å². The molecule has 0 spiro atoms. The molecule has 0 aromatic heterocycles. The number of ketones is 1. The monoisotopic (exact) mass is 326 g/mol. The third-order valence-electron chi connectivity index (χ3n) is 2.04. The summed E-state index contributed by atoms with van der Waals surface area (Å²) in [5.74, 6) is -0.800. The molecule has 1 rings (SSSR count). The second kappa shape index (κ2) is 6.08. The summed E-state index contributed by atoms with van der Waals surface area (Å²) in [7, 11) is 1.31. The van der Waals surface area contributed by atoms with Crippen molar-refractivity contribution in [2.45, 2.75) is 12.8 Å². The van der Waals surface area contributed by atoms with Gasteiger partial charge in [-0.15, -0.1) is 13.2 Å². The fraction of sp³-hybridized carbons (Fsp3) is 0.364.